The van der Waals surface area contributed by atoms with Crippen molar-refractivity contribution in [3.63, 3.8) is 0 Å². The van der Waals surface area contributed by atoms with Crippen molar-refractivity contribution in [2.24, 2.45) is 0 Å². The summed E-state index contributed by atoms with van der Waals surface area (Å²) in [4.78, 5) is 2.76. The Hall–Kier alpha value is -3.76. The Morgan fingerprint density at radius 1 is 0.667 bits per heavy atom. The lowest BCUT2D eigenvalue weighted by Crippen LogP contribution is -2.60. The summed E-state index contributed by atoms with van der Waals surface area (Å²) in [5, 5.41) is 4.73. The maximum Gasteiger partial charge on any atom is 0.244 e. The van der Waals surface area contributed by atoms with E-state index in [9.17, 15) is 0 Å². The van der Waals surface area contributed by atoms with Crippen molar-refractivity contribution in [2.45, 2.75) is 144 Å². The van der Waals surface area contributed by atoms with Crippen LogP contribution in [0.3, 0.4) is 0 Å². The minimum Gasteiger partial charge on any atom is -0.315 e. The van der Waals surface area contributed by atoms with Crippen LogP contribution < -0.4 is 21.0 Å². The van der Waals surface area contributed by atoms with Gasteiger partial charge in [-0.25, -0.2) is 0 Å². The van der Waals surface area contributed by atoms with E-state index in [2.05, 4.69) is 165 Å². The molecule has 0 saturated heterocycles. The van der Waals surface area contributed by atoms with Gasteiger partial charge in [-0.3, -0.25) is 0 Å². The van der Waals surface area contributed by atoms with Crippen LogP contribution in [0.1, 0.15) is 139 Å². The van der Waals surface area contributed by atoms with Crippen LogP contribution in [0.2, 0.25) is 13.1 Å². The van der Waals surface area contributed by atoms with Crippen LogP contribution in [0.15, 0.2) is 71.8 Å². The van der Waals surface area contributed by atoms with E-state index in [4.69, 9.17) is 0 Å². The van der Waals surface area contributed by atoms with Gasteiger partial charge in [0.25, 0.3) is 0 Å². The lowest BCUT2D eigenvalue weighted by atomic mass is 9.36. The van der Waals surface area contributed by atoms with E-state index in [-0.39, 0.29) is 23.0 Å². The molecule has 9 rings (SSSR count). The molecule has 0 atom stereocenters. The molecule has 3 aliphatic heterocycles. The Kier molecular flexibility index (Phi) is 7.74. The number of hydrogen-bond acceptors (Lipinski definition) is 1. The van der Waals surface area contributed by atoms with Crippen LogP contribution in [-0.4, -0.2) is 19.4 Å². The maximum atomic E-state index is 2.76. The molecule has 4 heterocycles. The molecular weight excluding hydrogens is 667 g/mol. The lowest BCUT2D eigenvalue weighted by molar-refractivity contribution is 0.443. The Morgan fingerprint density at radius 2 is 1.28 bits per heavy atom. The molecule has 4 heteroatoms. The molecule has 1 fully saturated rings. The zero-order chi connectivity index (χ0) is 38.4. The van der Waals surface area contributed by atoms with Gasteiger partial charge < -0.3 is 9.47 Å². The highest BCUT2D eigenvalue weighted by Gasteiger charge is 2.53. The molecule has 0 N–H and O–H groups in total. The summed E-state index contributed by atoms with van der Waals surface area (Å²) in [5.74, 6) is 0.602. The summed E-state index contributed by atoms with van der Waals surface area (Å²) < 4.78 is 2.70. The first-order chi connectivity index (χ1) is 25.3. The van der Waals surface area contributed by atoms with Crippen LogP contribution in [0.25, 0.3) is 22.3 Å². The molecule has 278 valence electrons. The molecule has 4 aromatic carbocycles. The summed E-state index contributed by atoms with van der Waals surface area (Å²) in [6.45, 7) is 31.6. The third-order valence-electron chi connectivity index (χ3n) is 14.1. The molecule has 1 aromatic heterocycles. The Morgan fingerprint density at radius 3 is 1.91 bits per heavy atom. The first-order valence-electron chi connectivity index (χ1n) is 20.9. The van der Waals surface area contributed by atoms with Crippen LogP contribution in [0.5, 0.6) is 0 Å². The van der Waals surface area contributed by atoms with Crippen molar-refractivity contribution in [3.8, 4) is 5.69 Å². The van der Waals surface area contributed by atoms with E-state index in [0.717, 1.165) is 0 Å². The normalized spacial score (nSPS) is 18.0. The molecule has 0 radical (unpaired) electrons. The lowest BCUT2D eigenvalue weighted by Gasteiger charge is -2.43. The highest BCUT2D eigenvalue weighted by Crippen LogP contribution is 2.51. The fraction of sp³-hybridized carbons (Fsp3) is 0.440. The predicted molar refractivity (Wildman–Crippen MR) is 239 cm³/mol. The first kappa shape index (κ1) is 35.9. The van der Waals surface area contributed by atoms with Crippen molar-refractivity contribution >= 4 is 58.9 Å². The van der Waals surface area contributed by atoms with Crippen LogP contribution in [-0.2, 0) is 16.2 Å². The van der Waals surface area contributed by atoms with Crippen molar-refractivity contribution in [1.82, 2.24) is 4.57 Å². The molecular formula is C50H61BN2Si. The zero-order valence-electron chi connectivity index (χ0n) is 35.4. The molecule has 0 spiro atoms. The number of nitrogens with zero attached hydrogens (tertiary/aromatic N) is 2. The highest BCUT2D eigenvalue weighted by molar-refractivity contribution is 7.16. The number of fused-ring (bicyclic) bond motifs is 5. The van der Waals surface area contributed by atoms with Gasteiger partial charge in [-0.1, -0.05) is 130 Å². The zero-order valence-corrected chi connectivity index (χ0v) is 36.4. The molecule has 0 amide bonds. The van der Waals surface area contributed by atoms with E-state index in [1.165, 1.54) is 116 Å². The summed E-state index contributed by atoms with van der Waals surface area (Å²) in [7, 11) is -2.19. The standard InChI is InChI=1S/C50H61BN2Si/c1-30-31(2)52-41-25-33(32-17-15-14-16-18-32)26-42-44(41)51(40-29-36(50(9,10)11)28-38(30)45(40)52)47-46(53(42)37-22-19-34(20-23-37)48(3,4)5)39-27-35(49(6,7)8)21-24-43(39)54(47,12)13/h19-29,32H,14-18H2,1-13H3. The first-order valence-corrected chi connectivity index (χ1v) is 23.9. The van der Waals surface area contributed by atoms with E-state index in [1.54, 1.807) is 10.3 Å². The topological polar surface area (TPSA) is 8.17 Å². The Balaban J connectivity index is 1.45. The summed E-state index contributed by atoms with van der Waals surface area (Å²) in [5.41, 5.74) is 20.4. The third kappa shape index (κ3) is 5.10. The summed E-state index contributed by atoms with van der Waals surface area (Å²) >= 11 is 0. The molecule has 2 nitrogen and oxygen atoms in total. The number of benzene rings is 4. The maximum absolute atomic E-state index is 2.76. The average Bonchev–Trinajstić information content (AvgIpc) is 3.51. The quantitative estimate of drug-likeness (QED) is 0.164. The SMILES string of the molecule is Cc1c(C)n2c3c(cc(C(C)(C)C)cc13)B1C3=C(c4cc(C(C)(C)C)ccc4[Si]3(C)C)N(c3ccc(C(C)(C)C)cc3)c3cc(C4CCCCC4)cc-2c31. The Labute approximate surface area is 327 Å². The van der Waals surface area contributed by atoms with Gasteiger partial charge in [-0.15, -0.1) is 0 Å². The van der Waals surface area contributed by atoms with Gasteiger partial charge in [0.2, 0.25) is 6.71 Å². The molecule has 54 heavy (non-hydrogen) atoms. The van der Waals surface area contributed by atoms with Crippen molar-refractivity contribution in [1.29, 1.82) is 0 Å². The smallest absolute Gasteiger partial charge is 0.244 e. The largest absolute Gasteiger partial charge is 0.315 e. The summed E-state index contributed by atoms with van der Waals surface area (Å²) in [6.07, 6.45) is 6.61. The van der Waals surface area contributed by atoms with Crippen LogP contribution >= 0.6 is 0 Å². The van der Waals surface area contributed by atoms with Crippen molar-refractivity contribution < 1.29 is 0 Å². The summed E-state index contributed by atoms with van der Waals surface area (Å²) in [6, 6.07) is 27.8. The molecule has 5 aromatic rings. The molecule has 0 bridgehead atoms. The van der Waals surface area contributed by atoms with Gasteiger partial charge in [0.05, 0.1) is 0 Å². The molecule has 1 aliphatic carbocycles. The Bertz CT molecular complexity index is 2410. The van der Waals surface area contributed by atoms with Gasteiger partial charge in [0.1, 0.15) is 8.07 Å². The number of aromatic nitrogens is 1. The molecule has 1 saturated carbocycles. The number of aryl methyl sites for hydroxylation is 1. The number of hydrogen-bond donors (Lipinski definition) is 0. The molecule has 4 aliphatic rings. The minimum atomic E-state index is -2.19. The van der Waals surface area contributed by atoms with E-state index in [1.807, 2.05) is 0 Å². The fourth-order valence-corrected chi connectivity index (χ4v) is 14.2. The van der Waals surface area contributed by atoms with E-state index < -0.39 is 8.07 Å². The minimum absolute atomic E-state index is 0.0426. The fourth-order valence-electron chi connectivity index (χ4n) is 10.7. The number of rotatable bonds is 2. The highest BCUT2D eigenvalue weighted by atomic mass is 28.3. The van der Waals surface area contributed by atoms with Gasteiger partial charge in [-0.2, -0.15) is 0 Å². The second kappa shape index (κ2) is 11.6. The van der Waals surface area contributed by atoms with Gasteiger partial charge in [0, 0.05) is 39.4 Å². The van der Waals surface area contributed by atoms with Gasteiger partial charge >= 0.3 is 0 Å². The van der Waals surface area contributed by atoms with Crippen molar-refractivity contribution in [3.05, 3.63) is 111 Å². The monoisotopic (exact) mass is 728 g/mol. The van der Waals surface area contributed by atoms with Crippen molar-refractivity contribution in [2.75, 3.05) is 4.90 Å². The van der Waals surface area contributed by atoms with E-state index >= 15 is 0 Å². The predicted octanol–water partition coefficient (Wildman–Crippen LogP) is 11.7. The van der Waals surface area contributed by atoms with E-state index in [0.29, 0.717) is 5.92 Å². The van der Waals surface area contributed by atoms with Crippen LogP contribution in [0, 0.1) is 13.8 Å². The average molecular weight is 729 g/mol. The van der Waals surface area contributed by atoms with Crippen LogP contribution in [0.4, 0.5) is 11.4 Å². The second-order valence-corrected chi connectivity index (χ2v) is 25.4. The third-order valence-corrected chi connectivity index (χ3v) is 17.7. The molecule has 0 unspecified atom stereocenters. The van der Waals surface area contributed by atoms with Gasteiger partial charge in [0.15, 0.2) is 0 Å². The number of anilines is 2. The van der Waals surface area contributed by atoms with Gasteiger partial charge in [-0.05, 0) is 135 Å². The second-order valence-electron chi connectivity index (χ2n) is 21.0.